The Hall–Kier alpha value is -2.60. The van der Waals surface area contributed by atoms with Crippen LogP contribution in [0.15, 0.2) is 60.0 Å². The average molecular weight is 379 g/mol. The molecule has 5 nitrogen and oxygen atoms in total. The van der Waals surface area contributed by atoms with Gasteiger partial charge in [-0.15, -0.1) is 10.2 Å². The molecule has 1 atom stereocenters. The lowest BCUT2D eigenvalue weighted by Gasteiger charge is -2.22. The molecule has 1 aromatic heterocycles. The molecule has 138 valence electrons. The third-order valence-electron chi connectivity index (χ3n) is 4.95. The molecule has 0 saturated carbocycles. The zero-order valence-electron chi connectivity index (χ0n) is 15.5. The lowest BCUT2D eigenvalue weighted by atomic mass is 10.1. The van der Waals surface area contributed by atoms with Crippen molar-refractivity contribution >= 4 is 23.4 Å². The number of carbonyl (C=O) groups excluding carboxylic acids is 1. The molecule has 0 bridgehead atoms. The summed E-state index contributed by atoms with van der Waals surface area (Å²) in [6.45, 7) is 4.23. The zero-order valence-corrected chi connectivity index (χ0v) is 16.3. The minimum Gasteiger partial charge on any atom is -0.308 e. The van der Waals surface area contributed by atoms with Crippen LogP contribution in [0, 0.1) is 0 Å². The third-order valence-corrected chi connectivity index (χ3v) is 5.88. The Morgan fingerprint density at radius 3 is 2.70 bits per heavy atom. The van der Waals surface area contributed by atoms with E-state index in [2.05, 4.69) is 42.2 Å². The highest BCUT2D eigenvalue weighted by Crippen LogP contribution is 2.33. The van der Waals surface area contributed by atoms with Crippen LogP contribution in [0.3, 0.4) is 0 Å². The number of hydrogen-bond donors (Lipinski definition) is 0. The van der Waals surface area contributed by atoms with E-state index in [1.807, 2.05) is 39.8 Å². The number of aryl methyl sites for hydroxylation is 1. The van der Waals surface area contributed by atoms with Gasteiger partial charge in [0.15, 0.2) is 5.16 Å². The Morgan fingerprint density at radius 1 is 1.15 bits per heavy atom. The zero-order chi connectivity index (χ0) is 18.8. The van der Waals surface area contributed by atoms with Crippen molar-refractivity contribution in [3.63, 3.8) is 0 Å². The second-order valence-corrected chi connectivity index (χ2v) is 7.64. The predicted octanol–water partition coefficient (Wildman–Crippen LogP) is 3.90. The molecule has 0 fully saturated rings. The monoisotopic (exact) mass is 378 g/mol. The van der Waals surface area contributed by atoms with Gasteiger partial charge in [0, 0.05) is 11.7 Å². The maximum absolute atomic E-state index is 12.9. The molecule has 0 N–H and O–H groups in total. The van der Waals surface area contributed by atoms with E-state index in [1.165, 1.54) is 22.9 Å². The van der Waals surface area contributed by atoms with Crippen LogP contribution < -0.4 is 4.90 Å². The van der Waals surface area contributed by atoms with Crippen molar-refractivity contribution in [1.29, 1.82) is 0 Å². The summed E-state index contributed by atoms with van der Waals surface area (Å²) in [5.74, 6) is 0.446. The summed E-state index contributed by atoms with van der Waals surface area (Å²) in [6.07, 6.45) is 3.56. The number of rotatable bonds is 5. The highest BCUT2D eigenvalue weighted by atomic mass is 32.2. The second-order valence-electron chi connectivity index (χ2n) is 6.70. The molecule has 1 aliphatic rings. The van der Waals surface area contributed by atoms with E-state index in [1.54, 1.807) is 6.33 Å². The van der Waals surface area contributed by atoms with Crippen molar-refractivity contribution in [3.05, 3.63) is 66.0 Å². The molecule has 0 spiro atoms. The van der Waals surface area contributed by atoms with Gasteiger partial charge in [0.2, 0.25) is 5.91 Å². The first-order valence-electron chi connectivity index (χ1n) is 9.20. The highest BCUT2D eigenvalue weighted by molar-refractivity contribution is 7.99. The number of amides is 1. The van der Waals surface area contributed by atoms with Crippen LogP contribution in [0.1, 0.15) is 25.0 Å². The Bertz CT molecular complexity index is 968. The van der Waals surface area contributed by atoms with E-state index < -0.39 is 0 Å². The molecule has 27 heavy (non-hydrogen) atoms. The SMILES string of the molecule is CCc1ccccc1-n1cnnc1SCC(=O)N1c2ccccc2CC1C. The van der Waals surface area contributed by atoms with Gasteiger partial charge in [-0.3, -0.25) is 9.36 Å². The van der Waals surface area contributed by atoms with Crippen LogP contribution in [-0.2, 0) is 17.6 Å². The summed E-state index contributed by atoms with van der Waals surface area (Å²) in [4.78, 5) is 14.9. The van der Waals surface area contributed by atoms with Crippen LogP contribution in [0.5, 0.6) is 0 Å². The fourth-order valence-electron chi connectivity index (χ4n) is 3.67. The highest BCUT2D eigenvalue weighted by Gasteiger charge is 2.30. The summed E-state index contributed by atoms with van der Waals surface area (Å²) < 4.78 is 1.97. The van der Waals surface area contributed by atoms with Crippen molar-refractivity contribution in [3.8, 4) is 5.69 Å². The van der Waals surface area contributed by atoms with Gasteiger partial charge in [0.05, 0.1) is 11.4 Å². The summed E-state index contributed by atoms with van der Waals surface area (Å²) in [5.41, 5.74) is 4.57. The molecule has 0 saturated heterocycles. The van der Waals surface area contributed by atoms with Gasteiger partial charge >= 0.3 is 0 Å². The fourth-order valence-corrected chi connectivity index (χ4v) is 4.46. The number of anilines is 1. The van der Waals surface area contributed by atoms with Crippen LogP contribution in [-0.4, -0.2) is 32.5 Å². The van der Waals surface area contributed by atoms with Gasteiger partial charge in [-0.05, 0) is 43.0 Å². The van der Waals surface area contributed by atoms with Gasteiger partial charge in [-0.1, -0.05) is 55.1 Å². The molecule has 4 rings (SSSR count). The topological polar surface area (TPSA) is 51.0 Å². The third kappa shape index (κ3) is 3.37. The van der Waals surface area contributed by atoms with E-state index >= 15 is 0 Å². The minimum absolute atomic E-state index is 0.107. The molecule has 1 amide bonds. The lowest BCUT2D eigenvalue weighted by molar-refractivity contribution is -0.116. The molecular weight excluding hydrogens is 356 g/mol. The van der Waals surface area contributed by atoms with E-state index in [9.17, 15) is 4.79 Å². The lowest BCUT2D eigenvalue weighted by Crippen LogP contribution is -2.37. The first kappa shape index (κ1) is 17.8. The summed E-state index contributed by atoms with van der Waals surface area (Å²) in [7, 11) is 0. The normalized spacial score (nSPS) is 15.8. The maximum atomic E-state index is 12.9. The van der Waals surface area contributed by atoms with Crippen molar-refractivity contribution < 1.29 is 4.79 Å². The van der Waals surface area contributed by atoms with Crippen molar-refractivity contribution in [2.45, 2.75) is 37.9 Å². The number of aromatic nitrogens is 3. The number of nitrogens with zero attached hydrogens (tertiary/aromatic N) is 4. The summed E-state index contributed by atoms with van der Waals surface area (Å²) in [5, 5.41) is 9.04. The Labute approximate surface area is 163 Å². The second kappa shape index (κ2) is 7.56. The molecule has 0 radical (unpaired) electrons. The largest absolute Gasteiger partial charge is 0.308 e. The van der Waals surface area contributed by atoms with Crippen molar-refractivity contribution in [1.82, 2.24) is 14.8 Å². The van der Waals surface area contributed by atoms with Crippen LogP contribution in [0.4, 0.5) is 5.69 Å². The molecule has 1 aliphatic heterocycles. The van der Waals surface area contributed by atoms with Gasteiger partial charge in [-0.25, -0.2) is 0 Å². The first-order chi connectivity index (χ1) is 13.2. The van der Waals surface area contributed by atoms with Crippen LogP contribution >= 0.6 is 11.8 Å². The van der Waals surface area contributed by atoms with Gasteiger partial charge in [0.25, 0.3) is 0 Å². The number of thioether (sulfide) groups is 1. The minimum atomic E-state index is 0.107. The molecule has 0 aliphatic carbocycles. The number of benzene rings is 2. The van der Waals surface area contributed by atoms with Crippen molar-refractivity contribution in [2.24, 2.45) is 0 Å². The van der Waals surface area contributed by atoms with Gasteiger partial charge < -0.3 is 4.90 Å². The molecule has 6 heteroatoms. The predicted molar refractivity (Wildman–Crippen MR) is 109 cm³/mol. The standard InChI is InChI=1S/C21H22N4OS/c1-3-16-8-4-6-10-18(16)24-14-22-23-21(24)27-13-20(26)25-15(2)12-17-9-5-7-11-19(17)25/h4-11,14-15H,3,12-13H2,1-2H3. The van der Waals surface area contributed by atoms with E-state index in [0.29, 0.717) is 5.75 Å². The van der Waals surface area contributed by atoms with Crippen molar-refractivity contribution in [2.75, 3.05) is 10.7 Å². The maximum Gasteiger partial charge on any atom is 0.237 e. The first-order valence-corrected chi connectivity index (χ1v) is 10.2. The molecule has 1 unspecified atom stereocenters. The quantitative estimate of drug-likeness (QED) is 0.632. The smallest absolute Gasteiger partial charge is 0.237 e. The molecular formula is C21H22N4OS. The summed E-state index contributed by atoms with van der Waals surface area (Å²) >= 11 is 1.44. The Balaban J connectivity index is 1.52. The number of hydrogen-bond acceptors (Lipinski definition) is 4. The Morgan fingerprint density at radius 2 is 1.89 bits per heavy atom. The molecule has 2 heterocycles. The number of carbonyl (C=O) groups is 1. The van der Waals surface area contributed by atoms with E-state index in [0.717, 1.165) is 29.4 Å². The molecule has 3 aromatic rings. The number of para-hydroxylation sites is 2. The Kier molecular flexibility index (Phi) is 4.99. The molecule has 2 aromatic carbocycles. The number of fused-ring (bicyclic) bond motifs is 1. The average Bonchev–Trinajstić information content (AvgIpc) is 3.29. The van der Waals surface area contributed by atoms with Gasteiger partial charge in [0.1, 0.15) is 6.33 Å². The fraction of sp³-hybridized carbons (Fsp3) is 0.286. The summed E-state index contributed by atoms with van der Waals surface area (Å²) in [6, 6.07) is 16.6. The van der Waals surface area contributed by atoms with Crippen LogP contribution in [0.25, 0.3) is 5.69 Å². The van der Waals surface area contributed by atoms with E-state index in [4.69, 9.17) is 0 Å². The van der Waals surface area contributed by atoms with Gasteiger partial charge in [-0.2, -0.15) is 0 Å². The van der Waals surface area contributed by atoms with Crippen LogP contribution in [0.2, 0.25) is 0 Å². The van der Waals surface area contributed by atoms with E-state index in [-0.39, 0.29) is 11.9 Å².